The van der Waals surface area contributed by atoms with Gasteiger partial charge in [-0.05, 0) is 31.9 Å². The number of nitrogens with one attached hydrogen (secondary N) is 2. The molecule has 1 atom stereocenters. The quantitative estimate of drug-likeness (QED) is 0.784. The number of anilines is 1. The number of aromatic nitrogens is 3. The van der Waals surface area contributed by atoms with Gasteiger partial charge in [0.2, 0.25) is 0 Å². The van der Waals surface area contributed by atoms with E-state index < -0.39 is 6.10 Å². The third-order valence-electron chi connectivity index (χ3n) is 3.84. The average molecular weight is 315 g/mol. The van der Waals surface area contributed by atoms with Crippen molar-refractivity contribution in [3.63, 3.8) is 0 Å². The molecule has 7 heteroatoms. The van der Waals surface area contributed by atoms with E-state index in [9.17, 15) is 9.90 Å². The van der Waals surface area contributed by atoms with Crippen molar-refractivity contribution >= 4 is 11.7 Å². The number of nitrogens with zero attached hydrogens (tertiary/aromatic N) is 3. The second kappa shape index (κ2) is 6.78. The number of hydrogen-bond donors (Lipinski definition) is 3. The van der Waals surface area contributed by atoms with Gasteiger partial charge in [-0.25, -0.2) is 4.79 Å². The van der Waals surface area contributed by atoms with E-state index in [-0.39, 0.29) is 6.03 Å². The van der Waals surface area contributed by atoms with Crippen molar-refractivity contribution in [3.8, 4) is 11.4 Å². The van der Waals surface area contributed by atoms with Gasteiger partial charge < -0.3 is 20.3 Å². The van der Waals surface area contributed by atoms with Crippen LogP contribution in [0.4, 0.5) is 10.5 Å². The number of aliphatic hydroxyl groups excluding tert-OH is 1. The largest absolute Gasteiger partial charge is 0.393 e. The summed E-state index contributed by atoms with van der Waals surface area (Å²) in [4.78, 5) is 11.8. The van der Waals surface area contributed by atoms with E-state index in [2.05, 4.69) is 25.4 Å². The first kappa shape index (κ1) is 15.5. The van der Waals surface area contributed by atoms with Gasteiger partial charge in [0.15, 0.2) is 5.82 Å². The maximum absolute atomic E-state index is 11.8. The number of urea groups is 1. The van der Waals surface area contributed by atoms with Crippen LogP contribution in [0.2, 0.25) is 0 Å². The molecule has 0 spiro atoms. The van der Waals surface area contributed by atoms with Crippen LogP contribution >= 0.6 is 0 Å². The number of carbonyl (C=O) groups excluding carboxylic acids is 1. The summed E-state index contributed by atoms with van der Waals surface area (Å²) in [6.45, 7) is 3.07. The fourth-order valence-electron chi connectivity index (χ4n) is 2.67. The molecule has 1 aromatic carbocycles. The highest BCUT2D eigenvalue weighted by atomic mass is 16.3. The minimum atomic E-state index is -0.423. The van der Waals surface area contributed by atoms with E-state index in [1.165, 1.54) is 0 Å². The molecule has 1 aliphatic rings. The molecule has 3 rings (SSSR count). The lowest BCUT2D eigenvalue weighted by atomic mass is 10.2. The predicted molar refractivity (Wildman–Crippen MR) is 87.1 cm³/mol. The van der Waals surface area contributed by atoms with Crippen molar-refractivity contribution < 1.29 is 9.90 Å². The van der Waals surface area contributed by atoms with E-state index in [4.69, 9.17) is 0 Å². The highest BCUT2D eigenvalue weighted by Crippen LogP contribution is 2.25. The number of rotatable bonds is 5. The van der Waals surface area contributed by atoms with Gasteiger partial charge in [-0.1, -0.05) is 12.1 Å². The Morgan fingerprint density at radius 1 is 1.43 bits per heavy atom. The molecule has 1 aliphatic heterocycles. The summed E-state index contributed by atoms with van der Waals surface area (Å²) in [5, 5.41) is 23.2. The Kier molecular flexibility index (Phi) is 4.57. The molecular weight excluding hydrogens is 294 g/mol. The fraction of sp³-hybridized carbons (Fsp3) is 0.438. The highest BCUT2D eigenvalue weighted by molar-refractivity contribution is 5.89. The Morgan fingerprint density at radius 3 is 3.13 bits per heavy atom. The zero-order valence-corrected chi connectivity index (χ0v) is 13.1. The topological polar surface area (TPSA) is 92.1 Å². The minimum absolute atomic E-state index is 0.283. The van der Waals surface area contributed by atoms with E-state index in [1.807, 2.05) is 24.3 Å². The minimum Gasteiger partial charge on any atom is -0.393 e. The number of hydrogen-bond acceptors (Lipinski definition) is 4. The van der Waals surface area contributed by atoms with Gasteiger partial charge in [-0.3, -0.25) is 0 Å². The third-order valence-corrected chi connectivity index (χ3v) is 3.84. The van der Waals surface area contributed by atoms with Crippen LogP contribution in [0.1, 0.15) is 25.6 Å². The molecule has 122 valence electrons. The predicted octanol–water partition coefficient (Wildman–Crippen LogP) is 1.78. The smallest absolute Gasteiger partial charge is 0.319 e. The molecule has 0 saturated heterocycles. The van der Waals surface area contributed by atoms with Crippen molar-refractivity contribution in [2.24, 2.45) is 0 Å². The molecule has 1 aromatic heterocycles. The van der Waals surface area contributed by atoms with Gasteiger partial charge in [0.1, 0.15) is 5.82 Å². The molecule has 1 unspecified atom stereocenters. The Labute approximate surface area is 134 Å². The Morgan fingerprint density at radius 2 is 2.30 bits per heavy atom. The van der Waals surface area contributed by atoms with Crippen LogP contribution in [-0.4, -0.2) is 38.6 Å². The monoisotopic (exact) mass is 315 g/mol. The first-order chi connectivity index (χ1) is 11.1. The van der Waals surface area contributed by atoms with Crippen LogP contribution in [0, 0.1) is 0 Å². The Bertz CT molecular complexity index is 696. The molecule has 2 aromatic rings. The Hall–Kier alpha value is -2.41. The van der Waals surface area contributed by atoms with Crippen LogP contribution in [0.15, 0.2) is 24.3 Å². The molecule has 0 fully saturated rings. The van der Waals surface area contributed by atoms with Gasteiger partial charge in [-0.15, -0.1) is 10.2 Å². The van der Waals surface area contributed by atoms with E-state index in [0.717, 1.165) is 36.6 Å². The lowest BCUT2D eigenvalue weighted by molar-refractivity contribution is 0.184. The number of aryl methyl sites for hydroxylation is 1. The normalized spacial score (nSPS) is 14.3. The zero-order valence-electron chi connectivity index (χ0n) is 13.1. The second-order valence-electron chi connectivity index (χ2n) is 5.79. The van der Waals surface area contributed by atoms with Crippen molar-refractivity contribution in [3.05, 3.63) is 30.1 Å². The maximum Gasteiger partial charge on any atom is 0.319 e. The van der Waals surface area contributed by atoms with E-state index >= 15 is 0 Å². The van der Waals surface area contributed by atoms with Crippen molar-refractivity contribution in [1.82, 2.24) is 20.1 Å². The second-order valence-corrected chi connectivity index (χ2v) is 5.79. The lowest BCUT2D eigenvalue weighted by Crippen LogP contribution is -2.30. The summed E-state index contributed by atoms with van der Waals surface area (Å²) >= 11 is 0. The number of carbonyl (C=O) groups is 1. The standard InChI is InChI=1S/C16H21N5O2/c1-11(22)7-8-17-16(23)18-13-5-2-4-12(10-13)15-20-19-14-6-3-9-21(14)15/h2,4-5,10-11,22H,3,6-9H2,1H3,(H2,17,18,23). The molecule has 0 saturated carbocycles. The van der Waals surface area contributed by atoms with Crippen LogP contribution in [0.25, 0.3) is 11.4 Å². The number of amides is 2. The van der Waals surface area contributed by atoms with Crippen molar-refractivity contribution in [2.45, 2.75) is 38.8 Å². The van der Waals surface area contributed by atoms with Crippen molar-refractivity contribution in [2.75, 3.05) is 11.9 Å². The van der Waals surface area contributed by atoms with Gasteiger partial charge in [-0.2, -0.15) is 0 Å². The summed E-state index contributed by atoms with van der Waals surface area (Å²) in [7, 11) is 0. The summed E-state index contributed by atoms with van der Waals surface area (Å²) in [6.07, 6.45) is 2.17. The van der Waals surface area contributed by atoms with Gasteiger partial charge in [0.25, 0.3) is 0 Å². The summed E-state index contributed by atoms with van der Waals surface area (Å²) in [5.74, 6) is 1.87. The number of aliphatic hydroxyl groups is 1. The fourth-order valence-corrected chi connectivity index (χ4v) is 2.67. The Balaban J connectivity index is 1.67. The summed E-state index contributed by atoms with van der Waals surface area (Å²) in [5.41, 5.74) is 1.64. The van der Waals surface area contributed by atoms with Crippen LogP contribution in [0.5, 0.6) is 0 Å². The van der Waals surface area contributed by atoms with Crippen LogP contribution < -0.4 is 10.6 Å². The molecule has 7 nitrogen and oxygen atoms in total. The molecule has 0 bridgehead atoms. The molecule has 2 heterocycles. The molecule has 0 aliphatic carbocycles. The summed E-state index contributed by atoms with van der Waals surface area (Å²) in [6, 6.07) is 7.29. The molecular formula is C16H21N5O2. The van der Waals surface area contributed by atoms with Gasteiger partial charge in [0, 0.05) is 30.8 Å². The SMILES string of the molecule is CC(O)CCNC(=O)Nc1cccc(-c2nnc3n2CCC3)c1. The van der Waals surface area contributed by atoms with E-state index in [1.54, 1.807) is 6.92 Å². The first-order valence-electron chi connectivity index (χ1n) is 7.89. The summed E-state index contributed by atoms with van der Waals surface area (Å²) < 4.78 is 2.13. The first-order valence-corrected chi connectivity index (χ1v) is 7.89. The van der Waals surface area contributed by atoms with Crippen LogP contribution in [-0.2, 0) is 13.0 Å². The molecule has 0 radical (unpaired) electrons. The molecule has 23 heavy (non-hydrogen) atoms. The number of benzene rings is 1. The highest BCUT2D eigenvalue weighted by Gasteiger charge is 2.18. The number of fused-ring (bicyclic) bond motifs is 1. The molecule has 2 amide bonds. The van der Waals surface area contributed by atoms with E-state index in [0.29, 0.717) is 18.7 Å². The van der Waals surface area contributed by atoms with Crippen LogP contribution in [0.3, 0.4) is 0 Å². The van der Waals surface area contributed by atoms with Gasteiger partial charge in [0.05, 0.1) is 6.10 Å². The average Bonchev–Trinajstić information content (AvgIpc) is 3.09. The third kappa shape index (κ3) is 3.68. The maximum atomic E-state index is 11.8. The lowest BCUT2D eigenvalue weighted by Gasteiger charge is -2.10. The van der Waals surface area contributed by atoms with Gasteiger partial charge >= 0.3 is 6.03 Å². The molecule has 3 N–H and O–H groups in total. The zero-order chi connectivity index (χ0) is 16.2. The van der Waals surface area contributed by atoms with Crippen molar-refractivity contribution in [1.29, 1.82) is 0 Å².